The fourth-order valence-corrected chi connectivity index (χ4v) is 3.02. The highest BCUT2D eigenvalue weighted by Crippen LogP contribution is 2.40. The molecule has 0 radical (unpaired) electrons. The molecule has 0 bridgehead atoms. The van der Waals surface area contributed by atoms with Gasteiger partial charge < -0.3 is 9.64 Å². The van der Waals surface area contributed by atoms with Crippen LogP contribution < -0.4 is 4.74 Å². The van der Waals surface area contributed by atoms with E-state index in [1.54, 1.807) is 30.8 Å². The van der Waals surface area contributed by atoms with Crippen molar-refractivity contribution < 1.29 is 9.53 Å². The number of nitrogens with zero attached hydrogens (tertiary/aromatic N) is 1. The second-order valence-electron chi connectivity index (χ2n) is 4.26. The number of rotatable bonds is 3. The second kappa shape index (κ2) is 5.45. The summed E-state index contributed by atoms with van der Waals surface area (Å²) in [6, 6.07) is 8.09. The Balaban J connectivity index is 2.01. The fourth-order valence-electron chi connectivity index (χ4n) is 1.78. The topological polar surface area (TPSA) is 29.5 Å². The zero-order valence-corrected chi connectivity index (χ0v) is 11.0. The lowest BCUT2D eigenvalue weighted by molar-refractivity contribution is -0.125. The molecule has 1 aliphatic rings. The zero-order chi connectivity index (χ0) is 12.3. The van der Waals surface area contributed by atoms with Crippen molar-refractivity contribution in [1.82, 2.24) is 4.90 Å². The number of carbonyl (C=O) groups is 1. The molecular weight excluding hydrogens is 234 g/mol. The Labute approximate surface area is 106 Å². The van der Waals surface area contributed by atoms with Gasteiger partial charge in [0, 0.05) is 24.9 Å². The Morgan fingerprint density at radius 3 is 3.00 bits per heavy atom. The molecule has 17 heavy (non-hydrogen) atoms. The molecule has 0 aromatic heterocycles. The van der Waals surface area contributed by atoms with Crippen LogP contribution in [-0.2, 0) is 4.79 Å². The van der Waals surface area contributed by atoms with Crippen molar-refractivity contribution in [2.75, 3.05) is 26.5 Å². The van der Waals surface area contributed by atoms with Crippen molar-refractivity contribution in [3.8, 4) is 5.75 Å². The number of amides is 1. The molecule has 2 rings (SSSR count). The molecule has 3 nitrogen and oxygen atoms in total. The molecule has 1 atom stereocenters. The standard InChI is InChI=1S/C13H17NO2S/c1-14(2)13(15)9-17-12-7-8-16-11-6-4-3-5-10(11)12/h3-6,12H,7-9H2,1-2H3/t12-/m0/s1. The Kier molecular flexibility index (Phi) is 3.94. The Morgan fingerprint density at radius 2 is 2.24 bits per heavy atom. The summed E-state index contributed by atoms with van der Waals surface area (Å²) in [5, 5.41) is 0.379. The van der Waals surface area contributed by atoms with Crippen LogP contribution in [-0.4, -0.2) is 37.3 Å². The fraction of sp³-hybridized carbons (Fsp3) is 0.462. The molecule has 1 heterocycles. The molecule has 4 heteroatoms. The van der Waals surface area contributed by atoms with Gasteiger partial charge in [-0.15, -0.1) is 11.8 Å². The Hall–Kier alpha value is -1.16. The number of carbonyl (C=O) groups excluding carboxylic acids is 1. The molecule has 0 aliphatic carbocycles. The van der Waals surface area contributed by atoms with Gasteiger partial charge in [-0.2, -0.15) is 0 Å². The van der Waals surface area contributed by atoms with Crippen LogP contribution in [0.25, 0.3) is 0 Å². The summed E-state index contributed by atoms with van der Waals surface area (Å²) in [7, 11) is 3.58. The first-order valence-corrected chi connectivity index (χ1v) is 6.77. The van der Waals surface area contributed by atoms with Gasteiger partial charge in [0.25, 0.3) is 0 Å². The smallest absolute Gasteiger partial charge is 0.232 e. The van der Waals surface area contributed by atoms with E-state index in [2.05, 4.69) is 6.07 Å². The van der Waals surface area contributed by atoms with Gasteiger partial charge in [0.05, 0.1) is 12.4 Å². The van der Waals surface area contributed by atoms with Crippen LogP contribution >= 0.6 is 11.8 Å². The summed E-state index contributed by atoms with van der Waals surface area (Å²) in [5.41, 5.74) is 1.22. The second-order valence-corrected chi connectivity index (χ2v) is 5.45. The van der Waals surface area contributed by atoms with E-state index in [9.17, 15) is 4.79 Å². The van der Waals surface area contributed by atoms with E-state index in [1.807, 2.05) is 18.2 Å². The summed E-state index contributed by atoms with van der Waals surface area (Å²) in [5.74, 6) is 1.67. The van der Waals surface area contributed by atoms with Crippen LogP contribution in [0, 0.1) is 0 Å². The minimum atomic E-state index is 0.166. The van der Waals surface area contributed by atoms with E-state index in [-0.39, 0.29) is 5.91 Å². The van der Waals surface area contributed by atoms with E-state index in [4.69, 9.17) is 4.74 Å². The number of fused-ring (bicyclic) bond motifs is 1. The molecule has 1 aromatic rings. The van der Waals surface area contributed by atoms with Gasteiger partial charge in [-0.05, 0) is 12.5 Å². The quantitative estimate of drug-likeness (QED) is 0.825. The van der Waals surface area contributed by atoms with Crippen LogP contribution in [0.4, 0.5) is 0 Å². The third-order valence-corrected chi connectivity index (χ3v) is 4.12. The van der Waals surface area contributed by atoms with E-state index in [0.717, 1.165) is 18.8 Å². The lowest BCUT2D eigenvalue weighted by Crippen LogP contribution is -2.24. The van der Waals surface area contributed by atoms with E-state index >= 15 is 0 Å². The predicted octanol–water partition coefficient (Wildman–Crippen LogP) is 2.33. The molecule has 0 fully saturated rings. The number of hydrogen-bond acceptors (Lipinski definition) is 3. The van der Waals surface area contributed by atoms with Gasteiger partial charge in [0.2, 0.25) is 5.91 Å². The summed E-state index contributed by atoms with van der Waals surface area (Å²) < 4.78 is 5.60. The molecule has 1 aromatic carbocycles. The molecule has 0 saturated carbocycles. The van der Waals surface area contributed by atoms with E-state index in [0.29, 0.717) is 11.0 Å². The first-order chi connectivity index (χ1) is 8.18. The van der Waals surface area contributed by atoms with Gasteiger partial charge >= 0.3 is 0 Å². The van der Waals surface area contributed by atoms with Crippen LogP contribution in [0.3, 0.4) is 0 Å². The largest absolute Gasteiger partial charge is 0.493 e. The average molecular weight is 251 g/mol. The van der Waals surface area contributed by atoms with Crippen molar-refractivity contribution in [3.63, 3.8) is 0 Å². The monoisotopic (exact) mass is 251 g/mol. The molecule has 0 N–H and O–H groups in total. The average Bonchev–Trinajstić information content (AvgIpc) is 2.35. The maximum Gasteiger partial charge on any atom is 0.232 e. The zero-order valence-electron chi connectivity index (χ0n) is 10.2. The van der Waals surface area contributed by atoms with Gasteiger partial charge in [-0.1, -0.05) is 18.2 Å². The number of benzene rings is 1. The van der Waals surface area contributed by atoms with Crippen LogP contribution in [0.1, 0.15) is 17.2 Å². The van der Waals surface area contributed by atoms with Crippen LogP contribution in [0.15, 0.2) is 24.3 Å². The highest BCUT2D eigenvalue weighted by Gasteiger charge is 2.22. The molecule has 0 unspecified atom stereocenters. The van der Waals surface area contributed by atoms with Crippen molar-refractivity contribution in [1.29, 1.82) is 0 Å². The first kappa shape index (κ1) is 12.3. The highest BCUT2D eigenvalue weighted by molar-refractivity contribution is 8.00. The van der Waals surface area contributed by atoms with Crippen molar-refractivity contribution in [2.45, 2.75) is 11.7 Å². The summed E-state index contributed by atoms with van der Waals surface area (Å²) in [4.78, 5) is 13.2. The SMILES string of the molecule is CN(C)C(=O)CS[C@H]1CCOc2ccccc21. The number of para-hydroxylation sites is 1. The van der Waals surface area contributed by atoms with E-state index in [1.165, 1.54) is 5.56 Å². The third kappa shape index (κ3) is 2.94. The lowest BCUT2D eigenvalue weighted by atomic mass is 10.1. The molecule has 92 valence electrons. The number of ether oxygens (including phenoxy) is 1. The normalized spacial score (nSPS) is 18.1. The molecule has 0 spiro atoms. The Morgan fingerprint density at radius 1 is 1.47 bits per heavy atom. The lowest BCUT2D eigenvalue weighted by Gasteiger charge is -2.25. The number of hydrogen-bond donors (Lipinski definition) is 0. The van der Waals surface area contributed by atoms with Gasteiger partial charge in [-0.3, -0.25) is 4.79 Å². The summed E-state index contributed by atoms with van der Waals surface area (Å²) in [6.07, 6.45) is 0.975. The van der Waals surface area contributed by atoms with Gasteiger partial charge in [0.15, 0.2) is 0 Å². The minimum absolute atomic E-state index is 0.166. The van der Waals surface area contributed by atoms with Gasteiger partial charge in [-0.25, -0.2) is 0 Å². The molecule has 1 amide bonds. The molecule has 0 saturated heterocycles. The maximum absolute atomic E-state index is 11.6. The Bertz CT molecular complexity index is 406. The van der Waals surface area contributed by atoms with Crippen molar-refractivity contribution >= 4 is 17.7 Å². The summed E-state index contributed by atoms with van der Waals surface area (Å²) >= 11 is 1.71. The van der Waals surface area contributed by atoms with Gasteiger partial charge in [0.1, 0.15) is 5.75 Å². The minimum Gasteiger partial charge on any atom is -0.493 e. The maximum atomic E-state index is 11.6. The summed E-state index contributed by atoms with van der Waals surface area (Å²) in [6.45, 7) is 0.741. The van der Waals surface area contributed by atoms with Crippen molar-refractivity contribution in [3.05, 3.63) is 29.8 Å². The number of thioether (sulfide) groups is 1. The van der Waals surface area contributed by atoms with E-state index < -0.39 is 0 Å². The van der Waals surface area contributed by atoms with Crippen molar-refractivity contribution in [2.24, 2.45) is 0 Å². The molecule has 1 aliphatic heterocycles. The van der Waals surface area contributed by atoms with Crippen LogP contribution in [0.5, 0.6) is 5.75 Å². The third-order valence-electron chi connectivity index (χ3n) is 2.81. The molecular formula is C13H17NO2S. The first-order valence-electron chi connectivity index (χ1n) is 5.72. The van der Waals surface area contributed by atoms with Crippen LogP contribution in [0.2, 0.25) is 0 Å². The predicted molar refractivity (Wildman–Crippen MR) is 70.4 cm³/mol. The highest BCUT2D eigenvalue weighted by atomic mass is 32.2.